The highest BCUT2D eigenvalue weighted by atomic mass is 16.8. The van der Waals surface area contributed by atoms with Crippen molar-refractivity contribution in [2.45, 2.75) is 382 Å². The van der Waals surface area contributed by atoms with Gasteiger partial charge in [0, 0.05) is 121 Å². The zero-order chi connectivity index (χ0) is 85.7. The van der Waals surface area contributed by atoms with E-state index in [0.717, 1.165) is 99.3 Å². The maximum Gasteiger partial charge on any atom is 0.292 e. The van der Waals surface area contributed by atoms with Crippen LogP contribution >= 0.6 is 0 Å². The van der Waals surface area contributed by atoms with Crippen LogP contribution in [0.5, 0.6) is 0 Å². The fourth-order valence-corrected chi connectivity index (χ4v) is 24.4. The summed E-state index contributed by atoms with van der Waals surface area (Å²) >= 11 is 0. The number of Topliss-reactive ketones (excluding diaryl/α,β-unsaturated/α-hetero) is 5. The van der Waals surface area contributed by atoms with Crippen molar-refractivity contribution >= 4 is 40.7 Å². The molecule has 20 heterocycles. The van der Waals surface area contributed by atoms with E-state index in [-0.39, 0.29) is 232 Å². The standard InChI is InChI=1S/C48H63NO13.C48H61NO13/c2*1-24-16-30-10-12-34-25(2)17-32(55-34)14-15-48-22-39-43(61-48)44-45(60-39)46(62-48)42-35(59-44)13-11-31(57-42)18-28(50)19-33-37(21-36(56-30)26(24)3)58-38(41(33)54-4)20-29(51)23-49-47(53)40(52)27-8-6-5-7-9-27/h5-9,24,29-39,41-46,51H,2-3,10-23H2,1,4H3,(H,49,53);5-9,24,30-39,41-46H,2-3,10-23H2,1,4H3,(H,49,53). The molecule has 20 saturated heterocycles. The lowest BCUT2D eigenvalue weighted by molar-refractivity contribution is -0.292. The summed E-state index contributed by atoms with van der Waals surface area (Å²) in [7, 11) is 3.17. The molecule has 2 amide bonds. The lowest BCUT2D eigenvalue weighted by atomic mass is 9.81. The summed E-state index contributed by atoms with van der Waals surface area (Å²) in [5.41, 5.74) is 4.69. The van der Waals surface area contributed by atoms with Crippen molar-refractivity contribution in [1.29, 1.82) is 0 Å². The SMILES string of the molecule is C=C1CC2CCC34CC5OC6C(OC7CCC(CC(=O)CC8C(CC9OC(CCC1O2)CC(C)C9=C)OC(CC(=O)CNC(=O)C(=O)c1ccccc1)C8OC)OC7C6O3)C5O4.C=C1CC2CCC34CC5OC6C(OC7CCC(CC(=O)CC8C(CC9OC(CCC1O2)CC(C)C9=C)OC(CC(O)CNC(=O)C(=O)c1ccccc1)C8OC)OC7C6O3)C5O4. The summed E-state index contributed by atoms with van der Waals surface area (Å²) in [5, 5.41) is 16.3. The minimum atomic E-state index is -1.05. The first kappa shape index (κ1) is 87.3. The van der Waals surface area contributed by atoms with E-state index in [1.54, 1.807) is 74.9 Å². The van der Waals surface area contributed by atoms with Gasteiger partial charge in [0.1, 0.15) is 72.6 Å². The van der Waals surface area contributed by atoms with Crippen LogP contribution in [0, 0.1) is 23.7 Å². The maximum absolute atomic E-state index is 14.3. The highest BCUT2D eigenvalue weighted by molar-refractivity contribution is 6.43. The molecular weight excluding hydrogens is 1600 g/mol. The van der Waals surface area contributed by atoms with Crippen LogP contribution in [0.1, 0.15) is 202 Å². The fraction of sp³-hybridized carbons (Fsp3) is 0.719. The average molecular weight is 1720 g/mol. The Morgan fingerprint density at radius 1 is 0.427 bits per heavy atom. The van der Waals surface area contributed by atoms with Gasteiger partial charge in [0.25, 0.3) is 11.8 Å². The number of methoxy groups -OCH3 is 2. The molecule has 124 heavy (non-hydrogen) atoms. The molecule has 20 aliphatic heterocycles. The van der Waals surface area contributed by atoms with Crippen LogP contribution < -0.4 is 10.6 Å². The number of amides is 2. The third kappa shape index (κ3) is 17.7. The van der Waals surface area contributed by atoms with Gasteiger partial charge in [-0.3, -0.25) is 33.6 Å². The van der Waals surface area contributed by atoms with Gasteiger partial charge in [0.2, 0.25) is 11.6 Å². The summed E-state index contributed by atoms with van der Waals surface area (Å²) < 4.78 is 121. The number of ketones is 5. The number of aliphatic hydroxyl groups excluding tert-OH is 1. The number of nitrogens with one attached hydrogen (secondary N) is 2. The molecule has 3 N–H and O–H groups in total. The predicted molar refractivity (Wildman–Crippen MR) is 441 cm³/mol. The van der Waals surface area contributed by atoms with E-state index in [4.69, 9.17) is 85.3 Å². The number of hydrogen-bond acceptors (Lipinski definition) is 26. The summed E-state index contributed by atoms with van der Waals surface area (Å²) in [4.78, 5) is 92.8. The number of fused-ring (bicyclic) bond motifs is 12. The van der Waals surface area contributed by atoms with E-state index in [2.05, 4.69) is 50.8 Å². The number of carbonyl (C=O) groups is 7. The normalized spacial score (nSPS) is 45.3. The molecular formula is C96H124N2O26. The zero-order valence-corrected chi connectivity index (χ0v) is 71.8. The molecule has 0 aromatic heterocycles. The summed E-state index contributed by atoms with van der Waals surface area (Å²) in [6.07, 6.45) is 5.50. The Kier molecular flexibility index (Phi) is 25.6. The maximum atomic E-state index is 14.3. The number of benzene rings is 2. The van der Waals surface area contributed by atoms with E-state index in [0.29, 0.717) is 51.4 Å². The van der Waals surface area contributed by atoms with Gasteiger partial charge in [0.05, 0.1) is 135 Å². The summed E-state index contributed by atoms with van der Waals surface area (Å²) in [6.45, 7) is 21.7. The Hall–Kier alpha value is -6.07. The van der Waals surface area contributed by atoms with Gasteiger partial charge in [-0.05, 0) is 124 Å². The third-order valence-electron chi connectivity index (χ3n) is 30.8. The lowest BCUT2D eigenvalue weighted by Crippen LogP contribution is -2.61. The first-order valence-corrected chi connectivity index (χ1v) is 46.2. The third-order valence-corrected chi connectivity index (χ3v) is 30.8. The van der Waals surface area contributed by atoms with E-state index < -0.39 is 95.8 Å². The largest absolute Gasteiger partial charge is 0.391 e. The molecule has 24 bridgehead atoms. The fourth-order valence-electron chi connectivity index (χ4n) is 24.4. The van der Waals surface area contributed by atoms with E-state index >= 15 is 0 Å². The Bertz CT molecular complexity index is 4340. The predicted octanol–water partition coefficient (Wildman–Crippen LogP) is 9.17. The van der Waals surface area contributed by atoms with E-state index in [1.807, 2.05) is 0 Å². The summed E-state index contributed by atoms with van der Waals surface area (Å²) in [6, 6.07) is 16.5. The van der Waals surface area contributed by atoms with Crippen LogP contribution in [-0.2, 0) is 109 Å². The molecule has 37 atom stereocenters. The van der Waals surface area contributed by atoms with Crippen molar-refractivity contribution in [3.63, 3.8) is 0 Å². The Morgan fingerprint density at radius 3 is 1.31 bits per heavy atom. The minimum absolute atomic E-state index is 0.00614. The van der Waals surface area contributed by atoms with Crippen LogP contribution in [0.25, 0.3) is 0 Å². The van der Waals surface area contributed by atoms with Crippen molar-refractivity contribution in [2.75, 3.05) is 27.3 Å². The van der Waals surface area contributed by atoms with Crippen LogP contribution in [0.4, 0.5) is 0 Å². The van der Waals surface area contributed by atoms with Gasteiger partial charge in [0.15, 0.2) is 17.4 Å². The molecule has 37 unspecified atom stereocenters. The molecule has 22 rings (SSSR count). The quantitative estimate of drug-likeness (QED) is 0.0901. The smallest absolute Gasteiger partial charge is 0.292 e. The van der Waals surface area contributed by atoms with E-state index in [1.165, 1.54) is 0 Å². The number of aliphatic hydroxyl groups is 1. The molecule has 0 aliphatic carbocycles. The van der Waals surface area contributed by atoms with Gasteiger partial charge in [-0.2, -0.15) is 0 Å². The van der Waals surface area contributed by atoms with Crippen molar-refractivity contribution < 1.29 is 124 Å². The van der Waals surface area contributed by atoms with Gasteiger partial charge in [-0.25, -0.2) is 0 Å². The average Bonchev–Trinajstić information content (AvgIpc) is 1.55. The molecule has 28 heteroatoms. The molecule has 28 nitrogen and oxygen atoms in total. The van der Waals surface area contributed by atoms with E-state index in [9.17, 15) is 38.7 Å². The van der Waals surface area contributed by atoms with Crippen molar-refractivity contribution in [1.82, 2.24) is 10.6 Å². The van der Waals surface area contributed by atoms with Gasteiger partial charge < -0.3 is 101 Å². The highest BCUT2D eigenvalue weighted by Crippen LogP contribution is 2.58. The number of hydrogen-bond donors (Lipinski definition) is 3. The molecule has 674 valence electrons. The van der Waals surface area contributed by atoms with Crippen LogP contribution in [0.3, 0.4) is 0 Å². The van der Waals surface area contributed by atoms with Crippen LogP contribution in [0.15, 0.2) is 109 Å². The second-order valence-electron chi connectivity index (χ2n) is 39.0. The number of carbonyl (C=O) groups excluding carboxylic acids is 7. The van der Waals surface area contributed by atoms with Crippen LogP contribution in [-0.4, -0.2) is 274 Å². The first-order chi connectivity index (χ1) is 59.9. The Labute approximate surface area is 724 Å². The zero-order valence-electron chi connectivity index (χ0n) is 71.8. The molecule has 2 aromatic rings. The molecule has 0 saturated carbocycles. The molecule has 2 spiro atoms. The minimum Gasteiger partial charge on any atom is -0.391 e. The van der Waals surface area contributed by atoms with Gasteiger partial charge >= 0.3 is 0 Å². The second-order valence-corrected chi connectivity index (χ2v) is 39.0. The first-order valence-electron chi connectivity index (χ1n) is 46.2. The molecule has 0 radical (unpaired) electrons. The molecule has 20 fully saturated rings. The number of rotatable bonds is 14. The topological polar surface area (TPSA) is 330 Å². The molecule has 2 aromatic carbocycles. The lowest BCUT2D eigenvalue weighted by Gasteiger charge is -2.47. The highest BCUT2D eigenvalue weighted by Gasteiger charge is 2.71. The Morgan fingerprint density at radius 2 is 0.839 bits per heavy atom. The molecule has 20 aliphatic rings. The van der Waals surface area contributed by atoms with Crippen molar-refractivity contribution in [3.05, 3.63) is 120 Å². The second kappa shape index (κ2) is 36.3. The van der Waals surface area contributed by atoms with Crippen LogP contribution in [0.2, 0.25) is 0 Å². The van der Waals surface area contributed by atoms with Gasteiger partial charge in [-0.1, -0.05) is 101 Å². The summed E-state index contributed by atoms with van der Waals surface area (Å²) in [5.74, 6) is -5.33. The Balaban J connectivity index is 0.000000163. The monoisotopic (exact) mass is 1720 g/mol. The number of ether oxygens (including phenoxy) is 18. The van der Waals surface area contributed by atoms with Gasteiger partial charge in [-0.15, -0.1) is 0 Å². The van der Waals surface area contributed by atoms with Crippen molar-refractivity contribution in [2.24, 2.45) is 23.7 Å². The van der Waals surface area contributed by atoms with Crippen molar-refractivity contribution in [3.8, 4) is 0 Å².